The van der Waals surface area contributed by atoms with Gasteiger partial charge in [0.2, 0.25) is 0 Å². The van der Waals surface area contributed by atoms with E-state index >= 15 is 0 Å². The summed E-state index contributed by atoms with van der Waals surface area (Å²) >= 11 is 0. The molecule has 1 aliphatic carbocycles. The van der Waals surface area contributed by atoms with Crippen LogP contribution in [0.5, 0.6) is 0 Å². The van der Waals surface area contributed by atoms with Gasteiger partial charge >= 0.3 is 12.1 Å². The van der Waals surface area contributed by atoms with Crippen molar-refractivity contribution in [2.45, 2.75) is 90.5 Å². The number of alkyl carbamates (subject to hydrolysis) is 1. The molecule has 0 aromatic carbocycles. The summed E-state index contributed by atoms with van der Waals surface area (Å²) in [6, 6.07) is 0.0873. The Morgan fingerprint density at radius 1 is 1.00 bits per heavy atom. The number of rotatable bonds is 4. The standard InChI is InChI=1S/C17H32N2O4/c1-15(2,3)22-13(20)17(7,18)10-11-8-12(9-11)19-14(21)23-16(4,5)6/h11-12H,8-10,18H2,1-7H3,(H,19,21). The zero-order valence-corrected chi connectivity index (χ0v) is 15.5. The molecule has 0 spiro atoms. The lowest BCUT2D eigenvalue weighted by molar-refractivity contribution is -0.162. The molecule has 1 aliphatic rings. The monoisotopic (exact) mass is 328 g/mol. The minimum Gasteiger partial charge on any atom is -0.459 e. The van der Waals surface area contributed by atoms with E-state index in [2.05, 4.69) is 5.32 Å². The number of carbonyl (C=O) groups excluding carboxylic acids is 2. The molecule has 0 radical (unpaired) electrons. The Kier molecular flexibility index (Phi) is 5.73. The van der Waals surface area contributed by atoms with Crippen molar-refractivity contribution < 1.29 is 19.1 Å². The van der Waals surface area contributed by atoms with Crippen molar-refractivity contribution in [3.63, 3.8) is 0 Å². The highest BCUT2D eigenvalue weighted by molar-refractivity contribution is 5.80. The molecule has 1 atom stereocenters. The van der Waals surface area contributed by atoms with Crippen molar-refractivity contribution in [3.8, 4) is 0 Å². The summed E-state index contributed by atoms with van der Waals surface area (Å²) in [6.07, 6.45) is 1.75. The summed E-state index contributed by atoms with van der Waals surface area (Å²) in [5.41, 5.74) is 4.07. The molecule has 0 heterocycles. The fourth-order valence-corrected chi connectivity index (χ4v) is 2.57. The highest BCUT2D eigenvalue weighted by Crippen LogP contribution is 2.34. The molecule has 0 aromatic heterocycles. The first-order valence-electron chi connectivity index (χ1n) is 8.20. The van der Waals surface area contributed by atoms with Crippen LogP contribution in [0.15, 0.2) is 0 Å². The number of amides is 1. The van der Waals surface area contributed by atoms with Crippen molar-refractivity contribution in [2.24, 2.45) is 11.7 Å². The number of ether oxygens (including phenoxy) is 2. The van der Waals surface area contributed by atoms with E-state index in [1.165, 1.54) is 0 Å². The van der Waals surface area contributed by atoms with E-state index < -0.39 is 22.8 Å². The number of nitrogens with one attached hydrogen (secondary N) is 1. The molecule has 1 rings (SSSR count). The van der Waals surface area contributed by atoms with Crippen LogP contribution >= 0.6 is 0 Å². The van der Waals surface area contributed by atoms with Gasteiger partial charge in [-0.2, -0.15) is 0 Å². The van der Waals surface area contributed by atoms with Crippen molar-refractivity contribution in [3.05, 3.63) is 0 Å². The van der Waals surface area contributed by atoms with Crippen LogP contribution in [0.4, 0.5) is 4.79 Å². The Hall–Kier alpha value is -1.30. The van der Waals surface area contributed by atoms with Gasteiger partial charge in [0.05, 0.1) is 0 Å². The van der Waals surface area contributed by atoms with E-state index in [0.717, 1.165) is 12.8 Å². The second-order valence-corrected chi connectivity index (χ2v) is 8.80. The van der Waals surface area contributed by atoms with E-state index in [1.807, 2.05) is 41.5 Å². The minimum absolute atomic E-state index is 0.0873. The van der Waals surface area contributed by atoms with Crippen LogP contribution in [0, 0.1) is 5.92 Å². The molecule has 23 heavy (non-hydrogen) atoms. The van der Waals surface area contributed by atoms with Gasteiger partial charge < -0.3 is 20.5 Å². The number of nitrogens with two attached hydrogens (primary N) is 1. The molecule has 1 fully saturated rings. The zero-order valence-electron chi connectivity index (χ0n) is 15.5. The predicted molar refractivity (Wildman–Crippen MR) is 88.9 cm³/mol. The molecule has 6 nitrogen and oxygen atoms in total. The van der Waals surface area contributed by atoms with Gasteiger partial charge in [0.15, 0.2) is 0 Å². The highest BCUT2D eigenvalue weighted by atomic mass is 16.6. The molecule has 6 heteroatoms. The zero-order chi connectivity index (χ0) is 18.1. The lowest BCUT2D eigenvalue weighted by Crippen LogP contribution is -2.53. The Morgan fingerprint density at radius 2 is 1.48 bits per heavy atom. The van der Waals surface area contributed by atoms with Crippen LogP contribution in [0.2, 0.25) is 0 Å². The van der Waals surface area contributed by atoms with Crippen LogP contribution in [-0.2, 0) is 14.3 Å². The van der Waals surface area contributed by atoms with Crippen molar-refractivity contribution in [1.82, 2.24) is 5.32 Å². The van der Waals surface area contributed by atoms with E-state index in [4.69, 9.17) is 15.2 Å². The lowest BCUT2D eigenvalue weighted by Gasteiger charge is -2.40. The van der Waals surface area contributed by atoms with Crippen LogP contribution in [0.1, 0.15) is 67.7 Å². The predicted octanol–water partition coefficient (Wildman–Crippen LogP) is 2.74. The average molecular weight is 328 g/mol. The lowest BCUT2D eigenvalue weighted by atomic mass is 9.73. The Labute approximate surface area is 139 Å². The minimum atomic E-state index is -1.01. The maximum atomic E-state index is 12.1. The molecule has 0 saturated heterocycles. The van der Waals surface area contributed by atoms with Gasteiger partial charge in [-0.25, -0.2) is 4.79 Å². The smallest absolute Gasteiger partial charge is 0.407 e. The number of esters is 1. The molecule has 0 bridgehead atoms. The SMILES string of the molecule is CC(C)(C)OC(=O)NC1CC(CC(C)(N)C(=O)OC(C)(C)C)C1. The molecular weight excluding hydrogens is 296 g/mol. The van der Waals surface area contributed by atoms with Crippen molar-refractivity contribution >= 4 is 12.1 Å². The molecule has 0 aliphatic heterocycles. The average Bonchev–Trinajstić information content (AvgIpc) is 2.20. The maximum absolute atomic E-state index is 12.1. The summed E-state index contributed by atoms with van der Waals surface area (Å²) in [4.78, 5) is 23.8. The quantitative estimate of drug-likeness (QED) is 0.774. The fraction of sp³-hybridized carbons (Fsp3) is 0.882. The van der Waals surface area contributed by atoms with Gasteiger partial charge in [-0.05, 0) is 73.6 Å². The van der Waals surface area contributed by atoms with Gasteiger partial charge in [-0.1, -0.05) is 0 Å². The molecule has 0 aromatic rings. The summed E-state index contributed by atoms with van der Waals surface area (Å²) in [6.45, 7) is 12.7. The second kappa shape index (κ2) is 6.67. The first kappa shape index (κ1) is 19.7. The Bertz CT molecular complexity index is 440. The summed E-state index contributed by atoms with van der Waals surface area (Å²) in [5, 5.41) is 2.84. The van der Waals surface area contributed by atoms with Gasteiger partial charge in [0, 0.05) is 6.04 Å². The van der Waals surface area contributed by atoms with Crippen LogP contribution in [0.25, 0.3) is 0 Å². The van der Waals surface area contributed by atoms with Gasteiger partial charge in [0.25, 0.3) is 0 Å². The van der Waals surface area contributed by atoms with Crippen molar-refractivity contribution in [2.75, 3.05) is 0 Å². The molecule has 1 unspecified atom stereocenters. The molecular formula is C17H32N2O4. The summed E-state index contributed by atoms with van der Waals surface area (Å²) in [5.74, 6) is -0.0778. The molecule has 134 valence electrons. The third kappa shape index (κ3) is 7.20. The van der Waals surface area contributed by atoms with E-state index in [-0.39, 0.29) is 12.0 Å². The summed E-state index contributed by atoms with van der Waals surface area (Å²) in [7, 11) is 0. The number of hydrogen-bond acceptors (Lipinski definition) is 5. The Balaban J connectivity index is 2.37. The normalized spacial score (nSPS) is 24.2. The number of hydrogen-bond donors (Lipinski definition) is 2. The van der Waals surface area contributed by atoms with Crippen LogP contribution in [0.3, 0.4) is 0 Å². The van der Waals surface area contributed by atoms with Crippen LogP contribution < -0.4 is 11.1 Å². The van der Waals surface area contributed by atoms with Gasteiger partial charge in [-0.15, -0.1) is 0 Å². The third-order valence-electron chi connectivity index (χ3n) is 3.53. The first-order valence-corrected chi connectivity index (χ1v) is 8.20. The van der Waals surface area contributed by atoms with E-state index in [0.29, 0.717) is 12.3 Å². The van der Waals surface area contributed by atoms with Crippen molar-refractivity contribution in [1.29, 1.82) is 0 Å². The molecule has 1 saturated carbocycles. The fourth-order valence-electron chi connectivity index (χ4n) is 2.57. The topological polar surface area (TPSA) is 90.6 Å². The second-order valence-electron chi connectivity index (χ2n) is 8.80. The molecule has 3 N–H and O–H groups in total. The molecule has 1 amide bonds. The third-order valence-corrected chi connectivity index (χ3v) is 3.53. The largest absolute Gasteiger partial charge is 0.459 e. The van der Waals surface area contributed by atoms with E-state index in [9.17, 15) is 9.59 Å². The van der Waals surface area contributed by atoms with Gasteiger partial charge in [-0.3, -0.25) is 4.79 Å². The maximum Gasteiger partial charge on any atom is 0.407 e. The number of carbonyl (C=O) groups is 2. The highest BCUT2D eigenvalue weighted by Gasteiger charge is 2.40. The van der Waals surface area contributed by atoms with Crippen LogP contribution in [-0.4, -0.2) is 34.8 Å². The first-order chi connectivity index (χ1) is 10.2. The summed E-state index contributed by atoms with van der Waals surface area (Å²) < 4.78 is 10.6. The van der Waals surface area contributed by atoms with E-state index in [1.54, 1.807) is 6.92 Å². The van der Waals surface area contributed by atoms with Gasteiger partial charge in [0.1, 0.15) is 16.7 Å². The Morgan fingerprint density at radius 3 is 1.91 bits per heavy atom.